The maximum Gasteiger partial charge on any atom is 0.122 e. The van der Waals surface area contributed by atoms with Gasteiger partial charge in [0.15, 0.2) is 0 Å². The molecule has 2 heterocycles. The van der Waals surface area contributed by atoms with Crippen molar-refractivity contribution in [2.45, 2.75) is 38.6 Å². The van der Waals surface area contributed by atoms with Crippen molar-refractivity contribution in [3.63, 3.8) is 0 Å². The zero-order valence-electron chi connectivity index (χ0n) is 12.4. The molecule has 0 spiro atoms. The van der Waals surface area contributed by atoms with Crippen LogP contribution in [-0.4, -0.2) is 32.4 Å². The molecule has 1 atom stereocenters. The lowest BCUT2D eigenvalue weighted by Gasteiger charge is -2.37. The van der Waals surface area contributed by atoms with Crippen LogP contribution in [0.2, 0.25) is 0 Å². The highest BCUT2D eigenvalue weighted by atomic mass is 16.5. The molecule has 20 heavy (non-hydrogen) atoms. The highest BCUT2D eigenvalue weighted by Gasteiger charge is 2.34. The molecule has 0 aromatic heterocycles. The fraction of sp³-hybridized carbons (Fsp3) is 0.647. The molecule has 1 aromatic rings. The van der Waals surface area contributed by atoms with E-state index in [-0.39, 0.29) is 5.41 Å². The predicted molar refractivity (Wildman–Crippen MR) is 80.2 cm³/mol. The van der Waals surface area contributed by atoms with E-state index in [0.29, 0.717) is 6.04 Å². The van der Waals surface area contributed by atoms with Crippen molar-refractivity contribution in [2.24, 2.45) is 5.41 Å². The van der Waals surface area contributed by atoms with Crippen LogP contribution in [0.25, 0.3) is 0 Å². The van der Waals surface area contributed by atoms with Gasteiger partial charge in [0, 0.05) is 11.5 Å². The number of ether oxygens (including phenoxy) is 2. The Bertz CT molecular complexity index is 436. The molecule has 1 unspecified atom stereocenters. The standard InChI is InChI=1S/C17H25NO2/c1-17(11-19-12-17)13-20-16-8-3-2-6-14(16)10-15-7-4-5-9-18-15/h2-3,6,8,15,18H,4-5,7,9-13H2,1H3. The highest BCUT2D eigenvalue weighted by Crippen LogP contribution is 2.29. The average molecular weight is 275 g/mol. The van der Waals surface area contributed by atoms with Crippen LogP contribution in [0.1, 0.15) is 31.7 Å². The van der Waals surface area contributed by atoms with Gasteiger partial charge in [0.25, 0.3) is 0 Å². The molecule has 3 nitrogen and oxygen atoms in total. The molecule has 110 valence electrons. The van der Waals surface area contributed by atoms with Crippen molar-refractivity contribution < 1.29 is 9.47 Å². The van der Waals surface area contributed by atoms with Crippen LogP contribution < -0.4 is 10.1 Å². The van der Waals surface area contributed by atoms with Gasteiger partial charge in [0.1, 0.15) is 5.75 Å². The molecule has 2 aliphatic rings. The van der Waals surface area contributed by atoms with Gasteiger partial charge in [-0.3, -0.25) is 0 Å². The van der Waals surface area contributed by atoms with E-state index in [0.717, 1.165) is 38.5 Å². The third-order valence-corrected chi connectivity index (χ3v) is 4.33. The molecule has 2 saturated heterocycles. The van der Waals surface area contributed by atoms with Gasteiger partial charge in [-0.15, -0.1) is 0 Å². The van der Waals surface area contributed by atoms with Crippen LogP contribution in [0.3, 0.4) is 0 Å². The fourth-order valence-corrected chi connectivity index (χ4v) is 2.96. The summed E-state index contributed by atoms with van der Waals surface area (Å²) in [6.07, 6.45) is 5.01. The minimum Gasteiger partial charge on any atom is -0.493 e. The van der Waals surface area contributed by atoms with Crippen LogP contribution in [0.4, 0.5) is 0 Å². The van der Waals surface area contributed by atoms with Gasteiger partial charge in [-0.25, -0.2) is 0 Å². The summed E-state index contributed by atoms with van der Waals surface area (Å²) in [4.78, 5) is 0. The first kappa shape index (κ1) is 13.9. The first-order chi connectivity index (χ1) is 9.75. The maximum atomic E-state index is 6.08. The zero-order chi connectivity index (χ0) is 13.8. The molecule has 0 amide bonds. The molecule has 0 bridgehead atoms. The van der Waals surface area contributed by atoms with E-state index in [1.54, 1.807) is 0 Å². The van der Waals surface area contributed by atoms with Gasteiger partial charge < -0.3 is 14.8 Å². The Balaban J connectivity index is 1.61. The Labute approximate surface area is 121 Å². The Morgan fingerprint density at radius 3 is 2.85 bits per heavy atom. The predicted octanol–water partition coefficient (Wildman–Crippen LogP) is 2.79. The fourth-order valence-electron chi connectivity index (χ4n) is 2.96. The Morgan fingerprint density at radius 2 is 2.15 bits per heavy atom. The Hall–Kier alpha value is -1.06. The first-order valence-electron chi connectivity index (χ1n) is 7.77. The lowest BCUT2D eigenvalue weighted by molar-refractivity contribution is -0.120. The third-order valence-electron chi connectivity index (χ3n) is 4.33. The molecule has 2 fully saturated rings. The summed E-state index contributed by atoms with van der Waals surface area (Å²) in [5, 5.41) is 3.61. The number of piperidine rings is 1. The zero-order valence-corrected chi connectivity index (χ0v) is 12.4. The number of benzene rings is 1. The van der Waals surface area contributed by atoms with E-state index in [1.807, 2.05) is 0 Å². The molecule has 0 saturated carbocycles. The van der Waals surface area contributed by atoms with Crippen LogP contribution in [0.5, 0.6) is 5.75 Å². The van der Waals surface area contributed by atoms with E-state index in [4.69, 9.17) is 9.47 Å². The lowest BCUT2D eigenvalue weighted by atomic mass is 9.90. The van der Waals surface area contributed by atoms with Crippen LogP contribution in [-0.2, 0) is 11.2 Å². The van der Waals surface area contributed by atoms with E-state index in [9.17, 15) is 0 Å². The summed E-state index contributed by atoms with van der Waals surface area (Å²) in [6.45, 7) is 5.77. The number of para-hydroxylation sites is 1. The first-order valence-corrected chi connectivity index (χ1v) is 7.77. The van der Waals surface area contributed by atoms with Gasteiger partial charge in [0.2, 0.25) is 0 Å². The SMILES string of the molecule is CC1(COc2ccccc2CC2CCCCN2)COC1. The molecule has 3 rings (SSSR count). The van der Waals surface area contributed by atoms with Crippen molar-refractivity contribution in [3.05, 3.63) is 29.8 Å². The maximum absolute atomic E-state index is 6.08. The van der Waals surface area contributed by atoms with E-state index >= 15 is 0 Å². The van der Waals surface area contributed by atoms with E-state index < -0.39 is 0 Å². The second kappa shape index (κ2) is 6.15. The summed E-state index contributed by atoms with van der Waals surface area (Å²) in [7, 11) is 0. The third kappa shape index (κ3) is 3.33. The number of rotatable bonds is 5. The number of nitrogens with one attached hydrogen (secondary N) is 1. The summed E-state index contributed by atoms with van der Waals surface area (Å²) >= 11 is 0. The van der Waals surface area contributed by atoms with Gasteiger partial charge in [-0.1, -0.05) is 31.5 Å². The van der Waals surface area contributed by atoms with Crippen LogP contribution in [0, 0.1) is 5.41 Å². The summed E-state index contributed by atoms with van der Waals surface area (Å²) < 4.78 is 11.4. The molecular weight excluding hydrogens is 250 g/mol. The molecule has 1 aromatic carbocycles. The van der Waals surface area contributed by atoms with E-state index in [1.165, 1.54) is 24.8 Å². The molecular formula is C17H25NO2. The molecule has 2 aliphatic heterocycles. The molecule has 3 heteroatoms. The average Bonchev–Trinajstić information content (AvgIpc) is 2.45. The van der Waals surface area contributed by atoms with Gasteiger partial charge >= 0.3 is 0 Å². The Morgan fingerprint density at radius 1 is 1.30 bits per heavy atom. The van der Waals surface area contributed by atoms with E-state index in [2.05, 4.69) is 36.5 Å². The van der Waals surface area contributed by atoms with Crippen molar-refractivity contribution in [1.29, 1.82) is 0 Å². The van der Waals surface area contributed by atoms with Crippen molar-refractivity contribution >= 4 is 0 Å². The normalized spacial score (nSPS) is 24.9. The van der Waals surface area contributed by atoms with Crippen LogP contribution in [0.15, 0.2) is 24.3 Å². The summed E-state index contributed by atoms with van der Waals surface area (Å²) in [5.41, 5.74) is 1.53. The largest absolute Gasteiger partial charge is 0.493 e. The highest BCUT2D eigenvalue weighted by molar-refractivity contribution is 5.34. The van der Waals surface area contributed by atoms with Crippen LogP contribution >= 0.6 is 0 Å². The minimum absolute atomic E-state index is 0.205. The topological polar surface area (TPSA) is 30.5 Å². The molecule has 1 N–H and O–H groups in total. The van der Waals surface area contributed by atoms with Gasteiger partial charge in [-0.2, -0.15) is 0 Å². The van der Waals surface area contributed by atoms with Crippen molar-refractivity contribution in [2.75, 3.05) is 26.4 Å². The second-order valence-electron chi connectivity index (χ2n) is 6.55. The van der Waals surface area contributed by atoms with Gasteiger partial charge in [-0.05, 0) is 37.4 Å². The minimum atomic E-state index is 0.205. The van der Waals surface area contributed by atoms with Crippen molar-refractivity contribution in [3.8, 4) is 5.75 Å². The van der Waals surface area contributed by atoms with Crippen molar-refractivity contribution in [1.82, 2.24) is 5.32 Å². The Kier molecular flexibility index (Phi) is 4.27. The second-order valence-corrected chi connectivity index (χ2v) is 6.55. The summed E-state index contributed by atoms with van der Waals surface area (Å²) in [6, 6.07) is 9.08. The molecule has 0 radical (unpaired) electrons. The number of hydrogen-bond acceptors (Lipinski definition) is 3. The summed E-state index contributed by atoms with van der Waals surface area (Å²) in [5.74, 6) is 1.05. The monoisotopic (exact) mass is 275 g/mol. The number of hydrogen-bond donors (Lipinski definition) is 1. The quantitative estimate of drug-likeness (QED) is 0.896. The smallest absolute Gasteiger partial charge is 0.122 e. The van der Waals surface area contributed by atoms with Gasteiger partial charge in [0.05, 0.1) is 19.8 Å². The lowest BCUT2D eigenvalue weighted by Crippen LogP contribution is -2.44. The molecule has 0 aliphatic carbocycles.